The van der Waals surface area contributed by atoms with E-state index in [0.29, 0.717) is 6.61 Å². The number of unbranched alkanes of at least 4 members (excludes halogenated alkanes) is 2. The lowest BCUT2D eigenvalue weighted by molar-refractivity contribution is 0.185. The van der Waals surface area contributed by atoms with Gasteiger partial charge >= 0.3 is 6.03 Å². The molecule has 2 amide bonds. The summed E-state index contributed by atoms with van der Waals surface area (Å²) in [6.45, 7) is 3.41. The van der Waals surface area contributed by atoms with Gasteiger partial charge in [-0.2, -0.15) is 0 Å². The summed E-state index contributed by atoms with van der Waals surface area (Å²) in [6.07, 6.45) is 3.32. The minimum Gasteiger partial charge on any atom is -0.380 e. The number of carbonyl (C=O) groups excluding carboxylic acids is 1. The summed E-state index contributed by atoms with van der Waals surface area (Å²) in [5, 5.41) is 5.65. The topological polar surface area (TPSA) is 50.4 Å². The average Bonchev–Trinajstić information content (AvgIpc) is 2.35. The molecule has 0 atom stereocenters. The van der Waals surface area contributed by atoms with E-state index >= 15 is 0 Å². The van der Waals surface area contributed by atoms with Crippen LogP contribution < -0.4 is 10.6 Å². The molecular formula is C14H22N2O2. The van der Waals surface area contributed by atoms with Crippen LogP contribution in [0.1, 0.15) is 31.7 Å². The van der Waals surface area contributed by atoms with Gasteiger partial charge in [0.05, 0.1) is 6.61 Å². The highest BCUT2D eigenvalue weighted by Crippen LogP contribution is 2.11. The van der Waals surface area contributed by atoms with Gasteiger partial charge in [-0.25, -0.2) is 4.79 Å². The molecule has 100 valence electrons. The van der Waals surface area contributed by atoms with Gasteiger partial charge < -0.3 is 15.4 Å². The van der Waals surface area contributed by atoms with Crippen molar-refractivity contribution < 1.29 is 9.53 Å². The predicted octanol–water partition coefficient (Wildman–Crippen LogP) is 3.14. The van der Waals surface area contributed by atoms with Crippen LogP contribution in [0.5, 0.6) is 0 Å². The molecule has 4 heteroatoms. The van der Waals surface area contributed by atoms with Crippen LogP contribution in [0.25, 0.3) is 0 Å². The third kappa shape index (κ3) is 5.68. The first kappa shape index (κ1) is 14.5. The molecule has 18 heavy (non-hydrogen) atoms. The first-order valence-electron chi connectivity index (χ1n) is 6.39. The maximum absolute atomic E-state index is 11.6. The fourth-order valence-corrected chi connectivity index (χ4v) is 1.66. The van der Waals surface area contributed by atoms with Crippen LogP contribution in [0.3, 0.4) is 0 Å². The lowest BCUT2D eigenvalue weighted by Gasteiger charge is -2.08. The number of anilines is 1. The molecule has 0 fully saturated rings. The van der Waals surface area contributed by atoms with Crippen LogP contribution in [0.15, 0.2) is 24.3 Å². The van der Waals surface area contributed by atoms with Crippen LogP contribution in [0.4, 0.5) is 10.5 Å². The lowest BCUT2D eigenvalue weighted by Crippen LogP contribution is -2.29. The number of methoxy groups -OCH3 is 1. The van der Waals surface area contributed by atoms with E-state index in [4.69, 9.17) is 4.74 Å². The highest BCUT2D eigenvalue weighted by molar-refractivity contribution is 5.89. The van der Waals surface area contributed by atoms with Crippen molar-refractivity contribution in [3.05, 3.63) is 29.8 Å². The first-order valence-corrected chi connectivity index (χ1v) is 6.39. The summed E-state index contributed by atoms with van der Waals surface area (Å²) in [4.78, 5) is 11.6. The molecule has 0 heterocycles. The minimum absolute atomic E-state index is 0.152. The van der Waals surface area contributed by atoms with E-state index < -0.39 is 0 Å². The van der Waals surface area contributed by atoms with Gasteiger partial charge in [-0.05, 0) is 24.1 Å². The van der Waals surface area contributed by atoms with E-state index in [1.54, 1.807) is 7.11 Å². The van der Waals surface area contributed by atoms with Gasteiger partial charge in [0.2, 0.25) is 0 Å². The molecule has 1 aromatic carbocycles. The Bertz CT molecular complexity index is 367. The number of urea groups is 1. The molecule has 0 aliphatic carbocycles. The van der Waals surface area contributed by atoms with Crippen LogP contribution in [-0.4, -0.2) is 19.7 Å². The Labute approximate surface area is 109 Å². The van der Waals surface area contributed by atoms with E-state index in [9.17, 15) is 4.79 Å². The van der Waals surface area contributed by atoms with Gasteiger partial charge in [-0.15, -0.1) is 0 Å². The van der Waals surface area contributed by atoms with Gasteiger partial charge in [-0.1, -0.05) is 31.9 Å². The number of benzene rings is 1. The van der Waals surface area contributed by atoms with E-state index in [0.717, 1.165) is 37.1 Å². The van der Waals surface area contributed by atoms with Crippen LogP contribution >= 0.6 is 0 Å². The van der Waals surface area contributed by atoms with Crippen molar-refractivity contribution in [1.29, 1.82) is 0 Å². The Kier molecular flexibility index (Phi) is 6.87. The normalized spacial score (nSPS) is 10.1. The zero-order chi connectivity index (χ0) is 13.2. The Morgan fingerprint density at radius 2 is 2.17 bits per heavy atom. The molecule has 1 rings (SSSR count). The molecule has 0 saturated heterocycles. The molecule has 0 radical (unpaired) electrons. The summed E-state index contributed by atoms with van der Waals surface area (Å²) in [5.41, 5.74) is 1.83. The van der Waals surface area contributed by atoms with Gasteiger partial charge in [0.15, 0.2) is 0 Å². The summed E-state index contributed by atoms with van der Waals surface area (Å²) in [7, 11) is 1.65. The molecular weight excluding hydrogens is 228 g/mol. The largest absolute Gasteiger partial charge is 0.380 e. The fourth-order valence-electron chi connectivity index (χ4n) is 1.66. The van der Waals surface area contributed by atoms with Crippen LogP contribution in [0.2, 0.25) is 0 Å². The molecule has 0 aliphatic rings. The molecule has 0 aromatic heterocycles. The number of ether oxygens (including phenoxy) is 1. The number of nitrogens with one attached hydrogen (secondary N) is 2. The van der Waals surface area contributed by atoms with Crippen molar-refractivity contribution in [3.8, 4) is 0 Å². The first-order chi connectivity index (χ1) is 8.76. The SMILES string of the molecule is CCCCCNC(=O)Nc1cccc(COC)c1. The Hall–Kier alpha value is -1.55. The van der Waals surface area contributed by atoms with E-state index in [1.807, 2.05) is 24.3 Å². The second-order valence-corrected chi connectivity index (χ2v) is 4.22. The third-order valence-corrected chi connectivity index (χ3v) is 2.56. The summed E-state index contributed by atoms with van der Waals surface area (Å²) in [6, 6.07) is 7.50. The maximum Gasteiger partial charge on any atom is 0.319 e. The quantitative estimate of drug-likeness (QED) is 0.730. The highest BCUT2D eigenvalue weighted by Gasteiger charge is 2.01. The molecule has 2 N–H and O–H groups in total. The number of hydrogen-bond acceptors (Lipinski definition) is 2. The monoisotopic (exact) mass is 250 g/mol. The van der Waals surface area contributed by atoms with Crippen LogP contribution in [0, 0.1) is 0 Å². The number of amides is 2. The fraction of sp³-hybridized carbons (Fsp3) is 0.500. The molecule has 0 saturated carbocycles. The molecule has 0 bridgehead atoms. The molecule has 0 spiro atoms. The predicted molar refractivity (Wildman–Crippen MR) is 73.7 cm³/mol. The molecule has 0 aliphatic heterocycles. The van der Waals surface area contributed by atoms with Crippen molar-refractivity contribution in [2.24, 2.45) is 0 Å². The number of carbonyl (C=O) groups is 1. The zero-order valence-corrected chi connectivity index (χ0v) is 11.2. The van der Waals surface area contributed by atoms with Crippen molar-refractivity contribution in [3.63, 3.8) is 0 Å². The van der Waals surface area contributed by atoms with Crippen molar-refractivity contribution in [2.75, 3.05) is 19.0 Å². The lowest BCUT2D eigenvalue weighted by atomic mass is 10.2. The third-order valence-electron chi connectivity index (χ3n) is 2.56. The molecule has 1 aromatic rings. The summed E-state index contributed by atoms with van der Waals surface area (Å²) >= 11 is 0. The number of hydrogen-bond donors (Lipinski definition) is 2. The molecule has 0 unspecified atom stereocenters. The smallest absolute Gasteiger partial charge is 0.319 e. The number of rotatable bonds is 7. The summed E-state index contributed by atoms with van der Waals surface area (Å²) < 4.78 is 5.05. The van der Waals surface area contributed by atoms with Crippen molar-refractivity contribution in [2.45, 2.75) is 32.8 Å². The zero-order valence-electron chi connectivity index (χ0n) is 11.2. The van der Waals surface area contributed by atoms with E-state index in [-0.39, 0.29) is 6.03 Å². The van der Waals surface area contributed by atoms with Gasteiger partial charge in [0.1, 0.15) is 0 Å². The summed E-state index contributed by atoms with van der Waals surface area (Å²) in [5.74, 6) is 0. The average molecular weight is 250 g/mol. The highest BCUT2D eigenvalue weighted by atomic mass is 16.5. The Morgan fingerprint density at radius 3 is 2.89 bits per heavy atom. The second kappa shape index (κ2) is 8.53. The second-order valence-electron chi connectivity index (χ2n) is 4.22. The van der Waals surface area contributed by atoms with Crippen molar-refractivity contribution >= 4 is 11.7 Å². The van der Waals surface area contributed by atoms with Gasteiger partial charge in [0, 0.05) is 19.3 Å². The Balaban J connectivity index is 2.36. The molecule has 4 nitrogen and oxygen atoms in total. The van der Waals surface area contributed by atoms with Gasteiger partial charge in [0.25, 0.3) is 0 Å². The van der Waals surface area contributed by atoms with E-state index in [1.165, 1.54) is 0 Å². The van der Waals surface area contributed by atoms with Crippen molar-refractivity contribution in [1.82, 2.24) is 5.32 Å². The standard InChI is InChI=1S/C14H22N2O2/c1-3-4-5-9-15-14(17)16-13-8-6-7-12(10-13)11-18-2/h6-8,10H,3-5,9,11H2,1-2H3,(H2,15,16,17). The van der Waals surface area contributed by atoms with Crippen LogP contribution in [-0.2, 0) is 11.3 Å². The maximum atomic E-state index is 11.6. The van der Waals surface area contributed by atoms with Gasteiger partial charge in [-0.3, -0.25) is 0 Å². The minimum atomic E-state index is -0.152. The van der Waals surface area contributed by atoms with E-state index in [2.05, 4.69) is 17.6 Å². The Morgan fingerprint density at radius 1 is 1.33 bits per heavy atom.